The van der Waals surface area contributed by atoms with Gasteiger partial charge in [-0.05, 0) is 17.2 Å². The fourth-order valence-electron chi connectivity index (χ4n) is 2.38. The smallest absolute Gasteiger partial charge is 0.0681 e. The van der Waals surface area contributed by atoms with Crippen molar-refractivity contribution in [3.8, 4) is 11.1 Å². The van der Waals surface area contributed by atoms with Crippen LogP contribution in [0.1, 0.15) is 5.56 Å². The minimum Gasteiger partial charge on any atom is -0.395 e. The number of aliphatic hydroxyl groups is 3. The Morgan fingerprint density at radius 2 is 1.38 bits per heavy atom. The Morgan fingerprint density at radius 1 is 0.762 bits per heavy atom. The van der Waals surface area contributed by atoms with Crippen LogP contribution in [-0.4, -0.2) is 41.6 Å². The molecule has 21 heavy (non-hydrogen) atoms. The monoisotopic (exact) mass is 287 g/mol. The second kappa shape index (κ2) is 7.78. The lowest BCUT2D eigenvalue weighted by atomic mass is 10.0. The molecule has 2 aromatic carbocycles. The zero-order chi connectivity index (χ0) is 15.1. The highest BCUT2D eigenvalue weighted by molar-refractivity contribution is 5.78. The molecule has 0 saturated carbocycles. The highest BCUT2D eigenvalue weighted by Crippen LogP contribution is 2.30. The van der Waals surface area contributed by atoms with Gasteiger partial charge in [0.1, 0.15) is 0 Å². The van der Waals surface area contributed by atoms with Crippen LogP contribution in [0.15, 0.2) is 48.5 Å². The summed E-state index contributed by atoms with van der Waals surface area (Å²) in [6.45, 7) is 1.07. The molecule has 2 aromatic rings. The number of hydrogen-bond acceptors (Lipinski definition) is 4. The van der Waals surface area contributed by atoms with Crippen molar-refractivity contribution in [1.29, 1.82) is 0 Å². The Labute approximate surface area is 124 Å². The molecule has 0 amide bonds. The van der Waals surface area contributed by atoms with Crippen LogP contribution in [0.5, 0.6) is 0 Å². The topological polar surface area (TPSA) is 63.9 Å². The van der Waals surface area contributed by atoms with Crippen LogP contribution < -0.4 is 4.90 Å². The van der Waals surface area contributed by atoms with Gasteiger partial charge in [0.05, 0.1) is 19.8 Å². The molecule has 0 spiro atoms. The average Bonchev–Trinajstić information content (AvgIpc) is 2.55. The third kappa shape index (κ3) is 3.82. The minimum atomic E-state index is 0.0308. The van der Waals surface area contributed by atoms with Gasteiger partial charge in [0.15, 0.2) is 0 Å². The maximum Gasteiger partial charge on any atom is 0.0681 e. The number of aliphatic hydroxyl groups excluding tert-OH is 3. The van der Waals surface area contributed by atoms with Crippen molar-refractivity contribution >= 4 is 5.69 Å². The number of hydrogen-bond donors (Lipinski definition) is 3. The van der Waals surface area contributed by atoms with E-state index in [0.717, 1.165) is 22.4 Å². The maximum atomic E-state index is 9.20. The van der Waals surface area contributed by atoms with E-state index in [2.05, 4.69) is 0 Å². The van der Waals surface area contributed by atoms with Crippen LogP contribution in [0.3, 0.4) is 0 Å². The van der Waals surface area contributed by atoms with Gasteiger partial charge >= 0.3 is 0 Å². The van der Waals surface area contributed by atoms with E-state index in [1.807, 2.05) is 53.4 Å². The molecule has 0 bridgehead atoms. The SMILES string of the molecule is OCCN(CCO)c1ccccc1-c1ccc(CO)cc1. The van der Waals surface area contributed by atoms with Crippen molar-refractivity contribution in [2.75, 3.05) is 31.2 Å². The Kier molecular flexibility index (Phi) is 5.75. The highest BCUT2D eigenvalue weighted by Gasteiger charge is 2.11. The van der Waals surface area contributed by atoms with Crippen LogP contribution in [0.25, 0.3) is 11.1 Å². The van der Waals surface area contributed by atoms with Crippen LogP contribution in [0.4, 0.5) is 5.69 Å². The van der Waals surface area contributed by atoms with Gasteiger partial charge in [-0.2, -0.15) is 0 Å². The van der Waals surface area contributed by atoms with E-state index in [1.165, 1.54) is 0 Å². The molecule has 3 N–H and O–H groups in total. The van der Waals surface area contributed by atoms with Gasteiger partial charge < -0.3 is 20.2 Å². The van der Waals surface area contributed by atoms with E-state index < -0.39 is 0 Å². The molecule has 0 heterocycles. The summed E-state index contributed by atoms with van der Waals surface area (Å²) in [5, 5.41) is 27.5. The quantitative estimate of drug-likeness (QED) is 0.724. The molecule has 0 atom stereocenters. The zero-order valence-corrected chi connectivity index (χ0v) is 11.9. The molecular formula is C17H21NO3. The van der Waals surface area contributed by atoms with Gasteiger partial charge in [-0.25, -0.2) is 0 Å². The average molecular weight is 287 g/mol. The van der Waals surface area contributed by atoms with Crippen LogP contribution in [-0.2, 0) is 6.61 Å². The summed E-state index contributed by atoms with van der Waals surface area (Å²) in [4.78, 5) is 1.97. The second-order valence-corrected chi connectivity index (χ2v) is 4.81. The zero-order valence-electron chi connectivity index (χ0n) is 11.9. The summed E-state index contributed by atoms with van der Waals surface area (Å²) >= 11 is 0. The molecule has 0 aliphatic heterocycles. The van der Waals surface area contributed by atoms with Crippen molar-refractivity contribution in [2.24, 2.45) is 0 Å². The van der Waals surface area contributed by atoms with Gasteiger partial charge in [0.2, 0.25) is 0 Å². The summed E-state index contributed by atoms with van der Waals surface area (Å²) in [5.41, 5.74) is 3.95. The van der Waals surface area contributed by atoms with Crippen molar-refractivity contribution in [1.82, 2.24) is 0 Å². The van der Waals surface area contributed by atoms with E-state index in [9.17, 15) is 10.2 Å². The Balaban J connectivity index is 2.38. The summed E-state index contributed by atoms with van der Waals surface area (Å²) in [5.74, 6) is 0. The minimum absolute atomic E-state index is 0.0308. The Bertz CT molecular complexity index is 548. The first kappa shape index (κ1) is 15.5. The van der Waals surface area contributed by atoms with E-state index in [4.69, 9.17) is 5.11 Å². The van der Waals surface area contributed by atoms with E-state index in [1.54, 1.807) is 0 Å². The number of benzene rings is 2. The maximum absolute atomic E-state index is 9.20. The van der Waals surface area contributed by atoms with Crippen molar-refractivity contribution in [2.45, 2.75) is 6.61 Å². The molecule has 0 saturated heterocycles. The van der Waals surface area contributed by atoms with E-state index in [-0.39, 0.29) is 19.8 Å². The van der Waals surface area contributed by atoms with Gasteiger partial charge in [-0.3, -0.25) is 0 Å². The number of anilines is 1. The van der Waals surface area contributed by atoms with Gasteiger partial charge in [-0.15, -0.1) is 0 Å². The van der Waals surface area contributed by atoms with Gasteiger partial charge in [0, 0.05) is 24.3 Å². The molecule has 0 aliphatic rings. The van der Waals surface area contributed by atoms with E-state index in [0.29, 0.717) is 13.1 Å². The predicted octanol–water partition coefficient (Wildman–Crippen LogP) is 1.64. The first-order valence-corrected chi connectivity index (χ1v) is 7.06. The molecule has 0 aromatic heterocycles. The number of rotatable bonds is 7. The highest BCUT2D eigenvalue weighted by atomic mass is 16.3. The fourth-order valence-corrected chi connectivity index (χ4v) is 2.38. The van der Waals surface area contributed by atoms with Crippen molar-refractivity contribution in [3.05, 3.63) is 54.1 Å². The first-order valence-electron chi connectivity index (χ1n) is 7.06. The van der Waals surface area contributed by atoms with E-state index >= 15 is 0 Å². The molecule has 4 heteroatoms. The molecular weight excluding hydrogens is 266 g/mol. The van der Waals surface area contributed by atoms with Crippen LogP contribution in [0.2, 0.25) is 0 Å². The standard InChI is InChI=1S/C17H21NO3/c19-11-9-18(10-12-20)17-4-2-1-3-16(17)15-7-5-14(13-21)6-8-15/h1-8,19-21H,9-13H2. The third-order valence-corrected chi connectivity index (χ3v) is 3.43. The molecule has 0 fully saturated rings. The predicted molar refractivity (Wildman–Crippen MR) is 84.2 cm³/mol. The van der Waals surface area contributed by atoms with Gasteiger partial charge in [0.25, 0.3) is 0 Å². The summed E-state index contributed by atoms with van der Waals surface area (Å²) in [6.07, 6.45) is 0. The van der Waals surface area contributed by atoms with Crippen LogP contribution >= 0.6 is 0 Å². The summed E-state index contributed by atoms with van der Waals surface area (Å²) < 4.78 is 0. The fraction of sp³-hybridized carbons (Fsp3) is 0.294. The van der Waals surface area contributed by atoms with Gasteiger partial charge in [-0.1, -0.05) is 42.5 Å². The third-order valence-electron chi connectivity index (χ3n) is 3.43. The molecule has 0 radical (unpaired) electrons. The first-order chi connectivity index (χ1) is 10.3. The van der Waals surface area contributed by atoms with Crippen LogP contribution in [0, 0.1) is 0 Å². The Hall–Kier alpha value is -1.88. The number of para-hydroxylation sites is 1. The number of nitrogens with zero attached hydrogens (tertiary/aromatic N) is 1. The lowest BCUT2D eigenvalue weighted by molar-refractivity contribution is 0.281. The summed E-state index contributed by atoms with van der Waals surface area (Å²) in [7, 11) is 0. The summed E-state index contributed by atoms with van der Waals surface area (Å²) in [6, 6.07) is 15.7. The molecule has 112 valence electrons. The normalized spacial score (nSPS) is 10.6. The second-order valence-electron chi connectivity index (χ2n) is 4.81. The van der Waals surface area contributed by atoms with Crippen molar-refractivity contribution in [3.63, 3.8) is 0 Å². The molecule has 0 aliphatic carbocycles. The molecule has 0 unspecified atom stereocenters. The Morgan fingerprint density at radius 3 is 1.95 bits per heavy atom. The lowest BCUT2D eigenvalue weighted by Crippen LogP contribution is -2.30. The lowest BCUT2D eigenvalue weighted by Gasteiger charge is -2.25. The molecule has 4 nitrogen and oxygen atoms in total. The molecule has 2 rings (SSSR count). The largest absolute Gasteiger partial charge is 0.395 e. The van der Waals surface area contributed by atoms with Crippen molar-refractivity contribution < 1.29 is 15.3 Å².